The molecule has 3 aliphatic rings. The van der Waals surface area contributed by atoms with Crippen LogP contribution in [-0.4, -0.2) is 51.2 Å². The van der Waals surface area contributed by atoms with Gasteiger partial charge in [0.1, 0.15) is 11.6 Å². The van der Waals surface area contributed by atoms with E-state index in [9.17, 15) is 0 Å². The molecule has 0 radical (unpaired) electrons. The normalized spacial score (nSPS) is 22.6. The molecule has 1 atom stereocenters. The summed E-state index contributed by atoms with van der Waals surface area (Å²) in [5.74, 6) is 4.91. The van der Waals surface area contributed by atoms with Crippen LogP contribution in [0.5, 0.6) is 0 Å². The average Bonchev–Trinajstić information content (AvgIpc) is 3.58. The van der Waals surface area contributed by atoms with E-state index < -0.39 is 0 Å². The van der Waals surface area contributed by atoms with Crippen molar-refractivity contribution in [2.24, 2.45) is 0 Å². The fourth-order valence-corrected chi connectivity index (χ4v) is 3.72. The number of anilines is 1. The number of nitrogens with zero attached hydrogens (tertiary/aromatic N) is 6. The van der Waals surface area contributed by atoms with Gasteiger partial charge in [-0.25, -0.2) is 9.97 Å². The number of piperazine rings is 1. The van der Waals surface area contributed by atoms with E-state index in [1.807, 2.05) is 6.92 Å². The monoisotopic (exact) mass is 354 g/mol. The van der Waals surface area contributed by atoms with E-state index in [0.29, 0.717) is 23.6 Å². The highest BCUT2D eigenvalue weighted by molar-refractivity contribution is 5.43. The number of aryl methyl sites for hydroxylation is 1. The Bertz CT molecular complexity index is 759. The van der Waals surface area contributed by atoms with Crippen LogP contribution in [-0.2, 0) is 0 Å². The summed E-state index contributed by atoms with van der Waals surface area (Å²) in [6, 6.07) is 2.40. The maximum atomic E-state index is 5.35. The van der Waals surface area contributed by atoms with E-state index >= 15 is 0 Å². The Morgan fingerprint density at radius 3 is 2.35 bits per heavy atom. The van der Waals surface area contributed by atoms with Crippen molar-refractivity contribution in [1.29, 1.82) is 0 Å². The van der Waals surface area contributed by atoms with Crippen molar-refractivity contribution < 1.29 is 4.52 Å². The van der Waals surface area contributed by atoms with Crippen molar-refractivity contribution >= 4 is 5.82 Å². The second-order valence-electron chi connectivity index (χ2n) is 7.94. The fraction of sp³-hybridized carbons (Fsp3) is 0.684. The molecule has 2 aromatic rings. The van der Waals surface area contributed by atoms with Crippen molar-refractivity contribution in [3.63, 3.8) is 0 Å². The smallest absolute Gasteiger partial charge is 0.243 e. The summed E-state index contributed by atoms with van der Waals surface area (Å²) in [7, 11) is 0. The molecule has 26 heavy (non-hydrogen) atoms. The molecule has 7 nitrogen and oxygen atoms in total. The van der Waals surface area contributed by atoms with Crippen LogP contribution in [0, 0.1) is 6.92 Å². The van der Waals surface area contributed by atoms with Crippen LogP contribution in [0.3, 0.4) is 0 Å². The topological polar surface area (TPSA) is 71.2 Å². The summed E-state index contributed by atoms with van der Waals surface area (Å²) in [6.07, 6.45) is 5.08. The van der Waals surface area contributed by atoms with Crippen LogP contribution in [0.1, 0.15) is 73.7 Å². The van der Waals surface area contributed by atoms with Gasteiger partial charge in [-0.05, 0) is 39.5 Å². The first kappa shape index (κ1) is 16.2. The molecule has 2 saturated carbocycles. The van der Waals surface area contributed by atoms with Gasteiger partial charge in [-0.3, -0.25) is 4.90 Å². The minimum atomic E-state index is 0.160. The highest BCUT2D eigenvalue weighted by atomic mass is 16.5. The molecule has 0 bridgehead atoms. The van der Waals surface area contributed by atoms with Gasteiger partial charge >= 0.3 is 0 Å². The van der Waals surface area contributed by atoms with Crippen LogP contribution < -0.4 is 4.90 Å². The lowest BCUT2D eigenvalue weighted by atomic mass is 10.2. The van der Waals surface area contributed by atoms with Crippen molar-refractivity contribution in [2.45, 2.75) is 57.4 Å². The lowest BCUT2D eigenvalue weighted by Crippen LogP contribution is -2.47. The predicted molar refractivity (Wildman–Crippen MR) is 97.2 cm³/mol. The Balaban J connectivity index is 1.29. The number of rotatable bonds is 5. The quantitative estimate of drug-likeness (QED) is 0.817. The minimum Gasteiger partial charge on any atom is -0.354 e. The maximum absolute atomic E-state index is 5.35. The molecule has 3 fully saturated rings. The number of hydrogen-bond donors (Lipinski definition) is 0. The van der Waals surface area contributed by atoms with Crippen LogP contribution in [0.2, 0.25) is 0 Å². The first-order valence-electron chi connectivity index (χ1n) is 9.85. The predicted octanol–water partition coefficient (Wildman–Crippen LogP) is 2.81. The third kappa shape index (κ3) is 3.20. The van der Waals surface area contributed by atoms with Gasteiger partial charge in [0.15, 0.2) is 5.82 Å². The zero-order chi connectivity index (χ0) is 17.7. The zero-order valence-corrected chi connectivity index (χ0v) is 15.6. The summed E-state index contributed by atoms with van der Waals surface area (Å²) in [4.78, 5) is 19.0. The van der Waals surface area contributed by atoms with Gasteiger partial charge in [0.25, 0.3) is 0 Å². The second kappa shape index (κ2) is 6.30. The van der Waals surface area contributed by atoms with E-state index in [1.54, 1.807) is 0 Å². The molecule has 2 aliphatic carbocycles. The molecule has 0 amide bonds. The van der Waals surface area contributed by atoms with Gasteiger partial charge in [0.2, 0.25) is 5.89 Å². The van der Waals surface area contributed by atoms with Crippen LogP contribution in [0.15, 0.2) is 10.6 Å². The maximum Gasteiger partial charge on any atom is 0.243 e. The average molecular weight is 354 g/mol. The molecular weight excluding hydrogens is 328 g/mol. The summed E-state index contributed by atoms with van der Waals surface area (Å²) in [5, 5.41) is 3.92. The van der Waals surface area contributed by atoms with E-state index in [-0.39, 0.29) is 6.04 Å². The van der Waals surface area contributed by atoms with E-state index in [1.165, 1.54) is 31.4 Å². The summed E-state index contributed by atoms with van der Waals surface area (Å²) in [5.41, 5.74) is 1.27. The summed E-state index contributed by atoms with van der Waals surface area (Å²) < 4.78 is 5.35. The molecule has 7 heteroatoms. The lowest BCUT2D eigenvalue weighted by molar-refractivity contribution is 0.164. The largest absolute Gasteiger partial charge is 0.354 e. The number of aromatic nitrogens is 4. The molecule has 0 N–H and O–H groups in total. The van der Waals surface area contributed by atoms with Crippen LogP contribution >= 0.6 is 0 Å². The molecule has 1 unspecified atom stereocenters. The lowest BCUT2D eigenvalue weighted by Gasteiger charge is -2.37. The fourth-order valence-electron chi connectivity index (χ4n) is 3.72. The molecule has 0 aromatic carbocycles. The van der Waals surface area contributed by atoms with E-state index in [2.05, 4.69) is 32.9 Å². The number of hydrogen-bond acceptors (Lipinski definition) is 7. The summed E-state index contributed by atoms with van der Waals surface area (Å²) in [6.45, 7) is 7.91. The van der Waals surface area contributed by atoms with Crippen molar-refractivity contribution in [2.75, 3.05) is 31.1 Å². The Morgan fingerprint density at radius 2 is 1.73 bits per heavy atom. The first-order valence-corrected chi connectivity index (χ1v) is 9.85. The standard InChI is InChI=1S/C19H26N6O/c1-12(19-20-13(2)23-26-19)24-7-9-25(10-8-24)17-11-16(14-3-4-14)21-18(22-17)15-5-6-15/h11-12,14-15H,3-10H2,1-2H3. The second-order valence-corrected chi connectivity index (χ2v) is 7.94. The third-order valence-corrected chi connectivity index (χ3v) is 5.77. The van der Waals surface area contributed by atoms with Gasteiger partial charge in [-0.15, -0.1) is 0 Å². The Morgan fingerprint density at radius 1 is 1.00 bits per heavy atom. The molecule has 3 heterocycles. The van der Waals surface area contributed by atoms with Gasteiger partial charge in [-0.2, -0.15) is 4.98 Å². The van der Waals surface area contributed by atoms with E-state index in [4.69, 9.17) is 14.5 Å². The van der Waals surface area contributed by atoms with Crippen LogP contribution in [0.4, 0.5) is 5.82 Å². The molecule has 1 saturated heterocycles. The van der Waals surface area contributed by atoms with E-state index in [0.717, 1.165) is 37.8 Å². The molecule has 0 spiro atoms. The molecule has 2 aromatic heterocycles. The Hall–Kier alpha value is -2.02. The van der Waals surface area contributed by atoms with Crippen molar-refractivity contribution in [3.8, 4) is 0 Å². The van der Waals surface area contributed by atoms with Crippen molar-refractivity contribution in [1.82, 2.24) is 25.0 Å². The molecule has 1 aliphatic heterocycles. The third-order valence-electron chi connectivity index (χ3n) is 5.77. The van der Waals surface area contributed by atoms with Gasteiger partial charge < -0.3 is 9.42 Å². The minimum absolute atomic E-state index is 0.160. The SMILES string of the molecule is Cc1noc(C(C)N2CCN(c3cc(C4CC4)nc(C4CC4)n3)CC2)n1. The first-order chi connectivity index (χ1) is 12.7. The van der Waals surface area contributed by atoms with Crippen LogP contribution in [0.25, 0.3) is 0 Å². The highest BCUT2D eigenvalue weighted by Crippen LogP contribution is 2.43. The van der Waals surface area contributed by atoms with Crippen molar-refractivity contribution in [3.05, 3.63) is 29.3 Å². The summed E-state index contributed by atoms with van der Waals surface area (Å²) >= 11 is 0. The molecule has 5 rings (SSSR count). The zero-order valence-electron chi connectivity index (χ0n) is 15.6. The molecular formula is C19H26N6O. The Labute approximate surface area is 153 Å². The highest BCUT2D eigenvalue weighted by Gasteiger charge is 2.32. The molecule has 138 valence electrons. The Kier molecular flexibility index (Phi) is 3.92. The van der Waals surface area contributed by atoms with Gasteiger partial charge in [0, 0.05) is 49.8 Å². The van der Waals surface area contributed by atoms with Gasteiger partial charge in [-0.1, -0.05) is 5.16 Å². The van der Waals surface area contributed by atoms with Gasteiger partial charge in [0.05, 0.1) is 6.04 Å².